The van der Waals surface area contributed by atoms with Gasteiger partial charge in [0.05, 0.1) is 59.5 Å². The summed E-state index contributed by atoms with van der Waals surface area (Å²) in [5, 5.41) is 302. The molecular weight excluding hydrogens is 1460 g/mol. The average molecular weight is 1560 g/mol. The number of carbonyl (C=O) groups is 2. The van der Waals surface area contributed by atoms with Gasteiger partial charge in [-0.2, -0.15) is 0 Å². The molecule has 0 radical (unpaired) electrons. The average Bonchev–Trinajstić information content (AvgIpc) is 0.768. The fraction of sp³-hybridized carbons (Fsp3) is 0.966. The van der Waals surface area contributed by atoms with Gasteiger partial charge in [-0.05, 0) is 0 Å². The molecule has 45 atom stereocenters. The second-order valence-electron chi connectivity index (χ2n) is 26.7. The van der Waals surface area contributed by atoms with Crippen LogP contribution >= 0.6 is 0 Å². The zero-order chi connectivity index (χ0) is 77.9. The number of aliphatic hydroxyl groups excluding tert-OH is 27. The third-order valence-corrected chi connectivity index (χ3v) is 19.5. The summed E-state index contributed by atoms with van der Waals surface area (Å²) in [5.74, 6) is -1.72. The first-order valence-electron chi connectivity index (χ1n) is 33.7. The van der Waals surface area contributed by atoms with Crippen LogP contribution in [-0.2, 0) is 90.1 Å². The summed E-state index contributed by atoms with van der Waals surface area (Å²) in [6, 6.07) is -3.55. The molecule has 1 unspecified atom stereocenters. The van der Waals surface area contributed by atoms with Gasteiger partial charge in [-0.15, -0.1) is 0 Å². The van der Waals surface area contributed by atoms with E-state index in [1.807, 2.05) is 0 Å². The van der Waals surface area contributed by atoms with E-state index in [0.717, 1.165) is 13.8 Å². The summed E-state index contributed by atoms with van der Waals surface area (Å²) in [5.41, 5.74) is 0. The van der Waals surface area contributed by atoms with E-state index < -0.39 is 348 Å². The summed E-state index contributed by atoms with van der Waals surface area (Å²) in [7, 11) is 0. The SMILES string of the molecule is CC(=O)N[C@H]1[C@H](O[C@H]2[C@H](O)[C@@H](NC(C)=O)C(O)O[C@@H]2CO)O[C@H](CO)[C@@H](O[C@@H]2O[C@H](CO[C@H]3O[C@H](CO)[C@@H](O)[C@H](O)[C@@H]3O)[C@@H](O)[C@H](O[C@H]3O[C@H](CO[C@H]4O[C@H](CO)[C@@H](O)[C@H](O)[C@@H]4O)[C@@H](O)[C@H](O)[C@@H]3O[C@H]3O[C@H](CO)[C@@H](O)[C@H](O)[C@@H]3O[C@H]3O[C@H](CO)[C@@H](O)[C@H](O)[C@@H]3O[C@H]3O[C@H](CO)[C@@H](O)[C@H](O)[C@@H]3O)[C@@H]2O)[C@@H]1O. The molecule has 0 aromatic heterocycles. The fourth-order valence-corrected chi connectivity index (χ4v) is 13.5. The molecule has 9 fully saturated rings. The lowest BCUT2D eigenvalue weighted by Crippen LogP contribution is -2.70. The Morgan fingerprint density at radius 3 is 0.915 bits per heavy atom. The van der Waals surface area contributed by atoms with E-state index in [1.165, 1.54) is 0 Å². The summed E-state index contributed by atoms with van der Waals surface area (Å²) in [6.45, 7) is -7.74. The van der Waals surface area contributed by atoms with E-state index >= 15 is 0 Å². The van der Waals surface area contributed by atoms with Gasteiger partial charge in [-0.1, -0.05) is 0 Å². The Morgan fingerprint density at radius 1 is 0.245 bits per heavy atom. The standard InChI is InChI=1S/C58H98N2O46/c1-12(68)59-23-32(77)44(19(8-66)92-50(23)89)101-51-24(60-13(2)69)33(78)45(20(9-67)98-51)102-55-43(88)46(31(76)22(99-55)11-91-53-41(86)35(80)26(71)15(4-62)94-53)103-58-49(39(84)30(75)21(100-58)10-90-52-40(85)34(79)25(70)14(3-61)93-52)106-57-48(38(83)29(74)18(7-65)97-57)105-56-47(37(82)28(73)17(6-64)96-56)104-54-42(87)36(81)27(72)16(5-63)95-54/h14-58,61-67,70-89H,3-11H2,1-2H3,(H,59,68)(H,60,69)/t14-,15-,16-,17-,18-,19-,20-,21-,22-,23-,24-,25-,26-,27-,28-,29-,30-,31-,32-,33-,34+,35+,36+,37+,38+,39+,40+,41+,42+,43+,44-,45-,46+,47+,48+,49+,50?,51+,52+,53+,54-,55+,56-,57-,58-/m1/s1. The van der Waals surface area contributed by atoms with Crippen LogP contribution in [0, 0.1) is 0 Å². The molecule has 616 valence electrons. The van der Waals surface area contributed by atoms with Crippen LogP contribution < -0.4 is 10.6 Å². The van der Waals surface area contributed by atoms with Crippen molar-refractivity contribution in [2.45, 2.75) is 290 Å². The Bertz CT molecular complexity index is 2710. The molecule has 9 rings (SSSR count). The van der Waals surface area contributed by atoms with Crippen molar-refractivity contribution in [3.8, 4) is 0 Å². The smallest absolute Gasteiger partial charge is 0.217 e. The summed E-state index contributed by atoms with van der Waals surface area (Å²) < 4.78 is 99.3. The molecule has 9 saturated heterocycles. The third-order valence-electron chi connectivity index (χ3n) is 19.5. The Labute approximate surface area is 598 Å². The molecule has 9 aliphatic heterocycles. The maximum atomic E-state index is 12.9. The maximum Gasteiger partial charge on any atom is 0.217 e. The van der Waals surface area contributed by atoms with Crippen LogP contribution in [0.1, 0.15) is 13.8 Å². The van der Waals surface area contributed by atoms with Crippen molar-refractivity contribution in [2.75, 3.05) is 59.5 Å². The van der Waals surface area contributed by atoms with Gasteiger partial charge in [-0.25, -0.2) is 0 Å². The van der Waals surface area contributed by atoms with Gasteiger partial charge in [0.2, 0.25) is 11.8 Å². The Hall–Kier alpha value is -2.82. The highest BCUT2D eigenvalue weighted by Crippen LogP contribution is 2.40. The molecule has 48 nitrogen and oxygen atoms in total. The normalized spacial score (nSPS) is 51.2. The topological polar surface area (TPSA) is 761 Å². The lowest BCUT2D eigenvalue weighted by Gasteiger charge is -2.51. The van der Waals surface area contributed by atoms with Crippen LogP contribution in [0.4, 0.5) is 0 Å². The van der Waals surface area contributed by atoms with Gasteiger partial charge in [0.1, 0.15) is 220 Å². The highest BCUT2D eigenvalue weighted by atomic mass is 16.8. The highest BCUT2D eigenvalue weighted by Gasteiger charge is 2.61. The van der Waals surface area contributed by atoms with Gasteiger partial charge in [0, 0.05) is 13.8 Å². The monoisotopic (exact) mass is 1560 g/mol. The van der Waals surface area contributed by atoms with E-state index in [0.29, 0.717) is 0 Å². The number of hydrogen-bond acceptors (Lipinski definition) is 46. The van der Waals surface area contributed by atoms with Crippen molar-refractivity contribution in [3.63, 3.8) is 0 Å². The highest BCUT2D eigenvalue weighted by molar-refractivity contribution is 5.73. The molecule has 0 bridgehead atoms. The van der Waals surface area contributed by atoms with E-state index in [2.05, 4.69) is 10.6 Å². The van der Waals surface area contributed by atoms with Crippen molar-refractivity contribution >= 4 is 11.8 Å². The second kappa shape index (κ2) is 37.9. The Kier molecular flexibility index (Phi) is 31.1. The first-order valence-corrected chi connectivity index (χ1v) is 33.7. The quantitative estimate of drug-likeness (QED) is 0.0363. The number of ether oxygens (including phenoxy) is 17. The maximum absolute atomic E-state index is 12.9. The Morgan fingerprint density at radius 2 is 0.509 bits per heavy atom. The summed E-state index contributed by atoms with van der Waals surface area (Å²) in [6.07, 6.45) is -91.9. The molecule has 29 N–H and O–H groups in total. The van der Waals surface area contributed by atoms with E-state index in [1.54, 1.807) is 0 Å². The summed E-state index contributed by atoms with van der Waals surface area (Å²) in [4.78, 5) is 25.0. The van der Waals surface area contributed by atoms with Crippen LogP contribution in [0.25, 0.3) is 0 Å². The van der Waals surface area contributed by atoms with Crippen LogP contribution in [-0.4, -0.2) is 485 Å². The minimum atomic E-state index is -2.60. The van der Waals surface area contributed by atoms with Crippen LogP contribution in [0.15, 0.2) is 0 Å². The van der Waals surface area contributed by atoms with Crippen molar-refractivity contribution in [2.24, 2.45) is 0 Å². The van der Waals surface area contributed by atoms with Gasteiger partial charge in [0.25, 0.3) is 0 Å². The minimum Gasteiger partial charge on any atom is -0.394 e. The second-order valence-corrected chi connectivity index (χ2v) is 26.7. The molecule has 9 heterocycles. The minimum absolute atomic E-state index is 0.783. The lowest BCUT2D eigenvalue weighted by atomic mass is 9.94. The molecule has 0 aliphatic carbocycles. The zero-order valence-corrected chi connectivity index (χ0v) is 56.2. The number of rotatable bonds is 27. The number of nitrogens with one attached hydrogen (secondary N) is 2. The number of hydrogen-bond donors (Lipinski definition) is 29. The van der Waals surface area contributed by atoms with Crippen molar-refractivity contribution in [1.29, 1.82) is 0 Å². The molecule has 0 aromatic rings. The summed E-state index contributed by atoms with van der Waals surface area (Å²) >= 11 is 0. The van der Waals surface area contributed by atoms with Crippen molar-refractivity contribution in [3.05, 3.63) is 0 Å². The van der Waals surface area contributed by atoms with Crippen molar-refractivity contribution in [1.82, 2.24) is 10.6 Å². The van der Waals surface area contributed by atoms with Crippen LogP contribution in [0.2, 0.25) is 0 Å². The lowest BCUT2D eigenvalue weighted by molar-refractivity contribution is -0.415. The first-order chi connectivity index (χ1) is 50.2. The van der Waals surface area contributed by atoms with Crippen LogP contribution in [0.3, 0.4) is 0 Å². The largest absolute Gasteiger partial charge is 0.394 e. The molecule has 0 saturated carbocycles. The van der Waals surface area contributed by atoms with E-state index in [4.69, 9.17) is 80.5 Å². The van der Waals surface area contributed by atoms with Gasteiger partial charge >= 0.3 is 0 Å². The molecule has 0 spiro atoms. The number of amides is 2. The third kappa shape index (κ3) is 18.7. The molecular formula is C58H98N2O46. The number of aliphatic hydroxyl groups is 27. The molecule has 9 aliphatic rings. The van der Waals surface area contributed by atoms with Gasteiger partial charge < -0.3 is 229 Å². The van der Waals surface area contributed by atoms with Gasteiger partial charge in [0.15, 0.2) is 56.6 Å². The fourth-order valence-electron chi connectivity index (χ4n) is 13.5. The molecule has 0 aromatic carbocycles. The predicted octanol–water partition coefficient (Wildman–Crippen LogP) is -20.3. The first kappa shape index (κ1) is 87.2. The van der Waals surface area contributed by atoms with E-state index in [9.17, 15) is 147 Å². The number of carbonyl (C=O) groups excluding carboxylic acids is 2. The molecule has 2 amide bonds. The predicted molar refractivity (Wildman–Crippen MR) is 320 cm³/mol. The van der Waals surface area contributed by atoms with Crippen molar-refractivity contribution < 1.29 is 228 Å². The zero-order valence-electron chi connectivity index (χ0n) is 56.2. The molecule has 106 heavy (non-hydrogen) atoms. The Balaban J connectivity index is 1.08. The van der Waals surface area contributed by atoms with Gasteiger partial charge in [-0.3, -0.25) is 9.59 Å². The van der Waals surface area contributed by atoms with Crippen LogP contribution in [0.5, 0.6) is 0 Å². The van der Waals surface area contributed by atoms with E-state index in [-0.39, 0.29) is 0 Å². The molecule has 48 heteroatoms.